The molecule has 0 saturated carbocycles. The van der Waals surface area contributed by atoms with E-state index in [0.717, 1.165) is 128 Å². The number of carbonyl (C=O) groups excluding carboxylic acids is 1. The Morgan fingerprint density at radius 2 is 0.678 bits per heavy atom. The summed E-state index contributed by atoms with van der Waals surface area (Å²) in [6, 6.07) is -0.914. The maximum atomic E-state index is 13.0. The van der Waals surface area contributed by atoms with E-state index in [-0.39, 0.29) is 12.5 Å². The number of unbranched alkanes of at least 4 members (excludes halogenated alkanes) is 29. The molecule has 90 heavy (non-hydrogen) atoms. The predicted octanol–water partition coefficient (Wildman–Crippen LogP) is 23.5. The van der Waals surface area contributed by atoms with Gasteiger partial charge >= 0.3 is 0 Å². The van der Waals surface area contributed by atoms with Crippen LogP contribution in [0, 0.1) is 0 Å². The summed E-state index contributed by atoms with van der Waals surface area (Å²) in [5, 5.41) is 14.0. The summed E-state index contributed by atoms with van der Waals surface area (Å²) in [5.41, 5.74) is 0. The minimum atomic E-state index is -4.62. The molecule has 0 bridgehead atoms. The second-order valence-electron chi connectivity index (χ2n) is 25.6. The molecular formula is C81H139N2O6P. The minimum absolute atomic E-state index is 0.0139. The highest BCUT2D eigenvalue weighted by Crippen LogP contribution is 2.38. The Morgan fingerprint density at radius 3 is 0.989 bits per heavy atom. The molecule has 0 heterocycles. The molecule has 0 fully saturated rings. The van der Waals surface area contributed by atoms with Crippen LogP contribution in [-0.4, -0.2) is 68.5 Å². The van der Waals surface area contributed by atoms with Gasteiger partial charge in [-0.25, -0.2) is 0 Å². The number of hydrogen-bond donors (Lipinski definition) is 2. The molecule has 0 radical (unpaired) electrons. The number of nitrogens with one attached hydrogen (secondary N) is 1. The fraction of sp³-hybridized carbons (Fsp3) is 0.667. The van der Waals surface area contributed by atoms with Gasteiger partial charge in [0.05, 0.1) is 39.9 Å². The molecule has 0 aromatic carbocycles. The first-order chi connectivity index (χ1) is 44.0. The maximum absolute atomic E-state index is 13.0. The molecule has 0 aromatic heterocycles. The van der Waals surface area contributed by atoms with Gasteiger partial charge in [-0.1, -0.05) is 339 Å². The summed E-state index contributed by atoms with van der Waals surface area (Å²) in [6.45, 7) is 4.53. The van der Waals surface area contributed by atoms with Gasteiger partial charge in [0.25, 0.3) is 7.82 Å². The highest BCUT2D eigenvalue weighted by Gasteiger charge is 2.23. The topological polar surface area (TPSA) is 108 Å². The van der Waals surface area contributed by atoms with Gasteiger partial charge in [0, 0.05) is 6.42 Å². The predicted molar refractivity (Wildman–Crippen MR) is 394 cm³/mol. The summed E-state index contributed by atoms with van der Waals surface area (Å²) in [5.74, 6) is -0.225. The standard InChI is InChI=1S/C81H139N2O6P/c1-6-8-10-12-14-16-18-20-22-24-26-28-30-32-34-35-36-37-38-39-40-41-42-43-44-45-46-47-49-51-53-55-57-59-61-63-65-67-69-71-73-75-81(85)82-79(78-89-90(86,87)88-77-76-83(3,4)5)80(84)74-72-70-68-66-64-62-60-58-56-54-52-50-48-33-31-29-27-25-23-21-19-17-15-13-11-9-7-2/h8,10,14,16,20,22,26,28,32,34,36-37,39-40,42-43,45-46,49,51,55,57,61,63,72,74,79-80,84H,6-7,9,11-13,15,17-19,21,23-25,27,29-31,33,35,38,41,44,47-48,50,52-54,56,58-60,62,64-71,73,75-78H2,1-5H3,(H-,82,85,86,87)/b10-8-,16-14-,22-20-,28-26-,34-32-,37-36-,40-39-,43-42-,46-45-,51-49-,57-55-,63-61-,74-72+. The lowest BCUT2D eigenvalue weighted by atomic mass is 10.0. The van der Waals surface area contributed by atoms with Crippen LogP contribution in [0.1, 0.15) is 296 Å². The summed E-state index contributed by atoms with van der Waals surface area (Å²) in [4.78, 5) is 25.7. The third kappa shape index (κ3) is 71.6. The Kier molecular flexibility index (Phi) is 66.5. The van der Waals surface area contributed by atoms with Gasteiger partial charge in [-0.15, -0.1) is 0 Å². The Bertz CT molecular complexity index is 2030. The van der Waals surface area contributed by atoms with Gasteiger partial charge in [-0.2, -0.15) is 0 Å². The van der Waals surface area contributed by atoms with Gasteiger partial charge in [-0.05, 0) is 109 Å². The van der Waals surface area contributed by atoms with E-state index in [2.05, 4.69) is 165 Å². The van der Waals surface area contributed by atoms with Crippen LogP contribution in [0.15, 0.2) is 158 Å². The molecule has 3 atom stereocenters. The average molecular weight is 1270 g/mol. The number of likely N-dealkylation sites (N-methyl/N-ethyl adjacent to an activating group) is 1. The zero-order chi connectivity index (χ0) is 65.5. The van der Waals surface area contributed by atoms with E-state index in [4.69, 9.17) is 9.05 Å². The molecule has 3 unspecified atom stereocenters. The maximum Gasteiger partial charge on any atom is 0.268 e. The molecule has 0 aliphatic carbocycles. The zero-order valence-corrected chi connectivity index (χ0v) is 59.7. The molecule has 0 rings (SSSR count). The van der Waals surface area contributed by atoms with E-state index in [1.165, 1.54) is 148 Å². The van der Waals surface area contributed by atoms with Gasteiger partial charge in [0.1, 0.15) is 13.2 Å². The van der Waals surface area contributed by atoms with Crippen LogP contribution < -0.4 is 10.2 Å². The van der Waals surface area contributed by atoms with E-state index in [0.29, 0.717) is 17.4 Å². The molecule has 9 heteroatoms. The van der Waals surface area contributed by atoms with Crippen LogP contribution in [-0.2, 0) is 18.4 Å². The summed E-state index contributed by atoms with van der Waals surface area (Å²) in [7, 11) is 1.23. The van der Waals surface area contributed by atoms with Gasteiger partial charge in [0.15, 0.2) is 0 Å². The van der Waals surface area contributed by atoms with Crippen molar-refractivity contribution in [3.63, 3.8) is 0 Å². The number of carbonyl (C=O) groups is 1. The highest BCUT2D eigenvalue weighted by atomic mass is 31.2. The van der Waals surface area contributed by atoms with Crippen molar-refractivity contribution in [2.24, 2.45) is 0 Å². The fourth-order valence-electron chi connectivity index (χ4n) is 10.1. The van der Waals surface area contributed by atoms with E-state index < -0.39 is 26.6 Å². The van der Waals surface area contributed by atoms with Crippen LogP contribution in [0.25, 0.3) is 0 Å². The Labute approximate surface area is 556 Å². The molecule has 514 valence electrons. The third-order valence-corrected chi connectivity index (χ3v) is 16.7. The summed E-state index contributed by atoms with van der Waals surface area (Å²) < 4.78 is 23.5. The van der Waals surface area contributed by atoms with Crippen LogP contribution in [0.4, 0.5) is 0 Å². The number of rotatable bonds is 66. The number of amides is 1. The smallest absolute Gasteiger partial charge is 0.268 e. The summed E-state index contributed by atoms with van der Waals surface area (Å²) in [6.07, 6.45) is 108. The van der Waals surface area contributed by atoms with Crippen molar-refractivity contribution < 1.29 is 32.9 Å². The van der Waals surface area contributed by atoms with Gasteiger partial charge < -0.3 is 28.8 Å². The molecular weight excluding hydrogens is 1130 g/mol. The first kappa shape index (κ1) is 86.1. The zero-order valence-electron chi connectivity index (χ0n) is 58.8. The number of hydrogen-bond acceptors (Lipinski definition) is 6. The fourth-order valence-corrected chi connectivity index (χ4v) is 10.8. The van der Waals surface area contributed by atoms with Gasteiger partial charge in [0.2, 0.25) is 5.91 Å². The lowest BCUT2D eigenvalue weighted by Gasteiger charge is -2.29. The van der Waals surface area contributed by atoms with Crippen molar-refractivity contribution in [1.82, 2.24) is 5.32 Å². The molecule has 2 N–H and O–H groups in total. The van der Waals surface area contributed by atoms with Crippen molar-refractivity contribution in [3.8, 4) is 0 Å². The molecule has 0 aliphatic rings. The first-order valence-electron chi connectivity index (χ1n) is 36.8. The van der Waals surface area contributed by atoms with Crippen LogP contribution in [0.5, 0.6) is 0 Å². The molecule has 0 spiro atoms. The van der Waals surface area contributed by atoms with Gasteiger partial charge in [-0.3, -0.25) is 9.36 Å². The molecule has 0 aromatic rings. The third-order valence-electron chi connectivity index (χ3n) is 15.7. The van der Waals surface area contributed by atoms with E-state index in [9.17, 15) is 19.4 Å². The van der Waals surface area contributed by atoms with E-state index >= 15 is 0 Å². The summed E-state index contributed by atoms with van der Waals surface area (Å²) >= 11 is 0. The molecule has 8 nitrogen and oxygen atoms in total. The van der Waals surface area contributed by atoms with Crippen molar-refractivity contribution in [2.45, 2.75) is 309 Å². The second-order valence-corrected chi connectivity index (χ2v) is 27.0. The lowest BCUT2D eigenvalue weighted by molar-refractivity contribution is -0.870. The number of phosphoric ester groups is 1. The van der Waals surface area contributed by atoms with Crippen molar-refractivity contribution in [1.29, 1.82) is 0 Å². The van der Waals surface area contributed by atoms with E-state index in [1.807, 2.05) is 27.2 Å². The average Bonchev–Trinajstić information content (AvgIpc) is 3.09. The Morgan fingerprint density at radius 1 is 0.400 bits per heavy atom. The second kappa shape index (κ2) is 69.5. The number of quaternary nitrogens is 1. The van der Waals surface area contributed by atoms with Crippen molar-refractivity contribution >= 4 is 13.7 Å². The number of nitrogens with zero attached hydrogens (tertiary/aromatic N) is 1. The minimum Gasteiger partial charge on any atom is -0.756 e. The van der Waals surface area contributed by atoms with Crippen LogP contribution in [0.3, 0.4) is 0 Å². The quantitative estimate of drug-likeness (QED) is 0.0272. The lowest BCUT2D eigenvalue weighted by Crippen LogP contribution is -2.45. The SMILES string of the molecule is CC/C=C\C/C=C\C/C=C\C/C=C\C/C=C\C/C=C\C/C=C\C/C=C\C/C=C\C/C=C\C/C=C\C/C=C\CCCCCCC(=O)NC(COP(=O)([O-])OCC[N+](C)(C)C)C(O)/C=C/CCCCCCCCCCCCCCCCCCCCCCCCCCC. The van der Waals surface area contributed by atoms with E-state index in [1.54, 1.807) is 6.08 Å². The van der Waals surface area contributed by atoms with Crippen LogP contribution >= 0.6 is 7.82 Å². The molecule has 0 saturated heterocycles. The monoisotopic (exact) mass is 1270 g/mol. The largest absolute Gasteiger partial charge is 0.756 e. The highest BCUT2D eigenvalue weighted by molar-refractivity contribution is 7.45. The van der Waals surface area contributed by atoms with Crippen molar-refractivity contribution in [3.05, 3.63) is 158 Å². The molecule has 0 aliphatic heterocycles. The van der Waals surface area contributed by atoms with Crippen LogP contribution in [0.2, 0.25) is 0 Å². The number of aliphatic hydroxyl groups excluding tert-OH is 1. The Hall–Kier alpha value is -3.88. The molecule has 1 amide bonds. The number of allylic oxidation sites excluding steroid dienone is 25. The first-order valence-corrected chi connectivity index (χ1v) is 38.3. The normalized spacial score (nSPS) is 14.5. The number of aliphatic hydroxyl groups is 1. The van der Waals surface area contributed by atoms with Crippen molar-refractivity contribution in [2.75, 3.05) is 40.9 Å². The number of phosphoric acid groups is 1. The Balaban J connectivity index is 4.19.